The van der Waals surface area contributed by atoms with E-state index in [0.717, 1.165) is 35.8 Å². The second-order valence-electron chi connectivity index (χ2n) is 5.78. The van der Waals surface area contributed by atoms with Gasteiger partial charge in [-0.2, -0.15) is 0 Å². The van der Waals surface area contributed by atoms with Gasteiger partial charge in [0.15, 0.2) is 5.13 Å². The molecule has 1 N–H and O–H groups in total. The first-order chi connectivity index (χ1) is 11.6. The number of nitrogens with one attached hydrogen (secondary N) is 1. The SMILES string of the molecule is CC(=O)N(c1ccc(C(=O)Nc2nccs2)cc1Br)C1CCCC1. The molecule has 1 heterocycles. The lowest BCUT2D eigenvalue weighted by atomic mass is 10.1. The standard InChI is InChI=1S/C17H18BrN3O2S/c1-11(22)21(13-4-2-3-5-13)15-7-6-12(10-14(15)18)16(23)20-17-19-8-9-24-17/h6-10,13H,2-5H2,1H3,(H,19,20,23). The molecule has 126 valence electrons. The first kappa shape index (κ1) is 17.1. The van der Waals surface area contributed by atoms with Gasteiger partial charge in [-0.25, -0.2) is 4.98 Å². The van der Waals surface area contributed by atoms with Gasteiger partial charge < -0.3 is 4.90 Å². The number of anilines is 2. The van der Waals surface area contributed by atoms with Gasteiger partial charge in [-0.15, -0.1) is 11.3 Å². The van der Waals surface area contributed by atoms with Gasteiger partial charge in [0.2, 0.25) is 5.91 Å². The molecule has 1 aliphatic carbocycles. The molecule has 0 atom stereocenters. The van der Waals surface area contributed by atoms with Crippen LogP contribution >= 0.6 is 27.3 Å². The molecule has 5 nitrogen and oxygen atoms in total. The Hall–Kier alpha value is -1.73. The maximum absolute atomic E-state index is 12.3. The highest BCUT2D eigenvalue weighted by molar-refractivity contribution is 9.10. The number of hydrogen-bond donors (Lipinski definition) is 1. The summed E-state index contributed by atoms with van der Waals surface area (Å²) < 4.78 is 0.747. The van der Waals surface area contributed by atoms with Crippen molar-refractivity contribution in [3.63, 3.8) is 0 Å². The molecule has 1 fully saturated rings. The van der Waals surface area contributed by atoms with E-state index in [1.165, 1.54) is 11.3 Å². The Morgan fingerprint density at radius 2 is 2.08 bits per heavy atom. The summed E-state index contributed by atoms with van der Waals surface area (Å²) >= 11 is 4.89. The number of nitrogens with zero attached hydrogens (tertiary/aromatic N) is 2. The van der Waals surface area contributed by atoms with Crippen LogP contribution < -0.4 is 10.2 Å². The molecule has 1 saturated carbocycles. The van der Waals surface area contributed by atoms with E-state index in [0.29, 0.717) is 10.7 Å². The Bertz CT molecular complexity index is 742. The van der Waals surface area contributed by atoms with Crippen molar-refractivity contribution in [1.29, 1.82) is 0 Å². The summed E-state index contributed by atoms with van der Waals surface area (Å²) in [5.74, 6) is -0.185. The molecule has 1 aromatic heterocycles. The van der Waals surface area contributed by atoms with E-state index in [1.807, 2.05) is 11.0 Å². The molecule has 0 radical (unpaired) electrons. The van der Waals surface area contributed by atoms with Gasteiger partial charge in [-0.3, -0.25) is 14.9 Å². The third-order valence-electron chi connectivity index (χ3n) is 4.15. The van der Waals surface area contributed by atoms with Crippen LogP contribution in [0.15, 0.2) is 34.2 Å². The van der Waals surface area contributed by atoms with Crippen LogP contribution in [0.1, 0.15) is 43.0 Å². The lowest BCUT2D eigenvalue weighted by Crippen LogP contribution is -2.37. The van der Waals surface area contributed by atoms with Gasteiger partial charge in [0.25, 0.3) is 5.91 Å². The normalized spacial score (nSPS) is 14.6. The number of rotatable bonds is 4. The highest BCUT2D eigenvalue weighted by atomic mass is 79.9. The van der Waals surface area contributed by atoms with Crippen molar-refractivity contribution in [2.24, 2.45) is 0 Å². The molecule has 3 rings (SSSR count). The number of carbonyl (C=O) groups excluding carboxylic acids is 2. The fourth-order valence-corrected chi connectivity index (χ4v) is 4.18. The third-order valence-corrected chi connectivity index (χ3v) is 5.47. The summed E-state index contributed by atoms with van der Waals surface area (Å²) in [4.78, 5) is 30.3. The van der Waals surface area contributed by atoms with Crippen molar-refractivity contribution >= 4 is 49.9 Å². The van der Waals surface area contributed by atoms with Crippen LogP contribution in [0.5, 0.6) is 0 Å². The number of halogens is 1. The zero-order chi connectivity index (χ0) is 17.1. The summed E-state index contributed by atoms with van der Waals surface area (Å²) in [6, 6.07) is 5.58. The second kappa shape index (κ2) is 7.44. The minimum Gasteiger partial charge on any atom is -0.308 e. The monoisotopic (exact) mass is 407 g/mol. The highest BCUT2D eigenvalue weighted by Gasteiger charge is 2.27. The van der Waals surface area contributed by atoms with E-state index in [4.69, 9.17) is 0 Å². The van der Waals surface area contributed by atoms with E-state index < -0.39 is 0 Å². The molecule has 0 spiro atoms. The predicted octanol–water partition coefficient (Wildman–Crippen LogP) is 4.45. The first-order valence-corrected chi connectivity index (χ1v) is 9.53. The smallest absolute Gasteiger partial charge is 0.257 e. The van der Waals surface area contributed by atoms with E-state index in [-0.39, 0.29) is 17.9 Å². The van der Waals surface area contributed by atoms with Gasteiger partial charge in [-0.1, -0.05) is 12.8 Å². The zero-order valence-corrected chi connectivity index (χ0v) is 15.7. The molecule has 7 heteroatoms. The molecule has 0 bridgehead atoms. The van der Waals surface area contributed by atoms with Crippen molar-refractivity contribution in [3.05, 3.63) is 39.8 Å². The fraction of sp³-hybridized carbons (Fsp3) is 0.353. The maximum atomic E-state index is 12.3. The van der Waals surface area contributed by atoms with Crippen molar-refractivity contribution in [2.45, 2.75) is 38.6 Å². The number of hydrogen-bond acceptors (Lipinski definition) is 4. The van der Waals surface area contributed by atoms with Crippen LogP contribution in [0, 0.1) is 0 Å². The Morgan fingerprint density at radius 3 is 2.67 bits per heavy atom. The van der Waals surface area contributed by atoms with Gasteiger partial charge in [0.1, 0.15) is 0 Å². The maximum Gasteiger partial charge on any atom is 0.257 e. The quantitative estimate of drug-likeness (QED) is 0.813. The van der Waals surface area contributed by atoms with Crippen LogP contribution in [-0.2, 0) is 4.79 Å². The number of benzene rings is 1. The van der Waals surface area contributed by atoms with Crippen LogP contribution in [-0.4, -0.2) is 22.8 Å². The minimum absolute atomic E-state index is 0.0302. The van der Waals surface area contributed by atoms with Crippen molar-refractivity contribution in [2.75, 3.05) is 10.2 Å². The first-order valence-electron chi connectivity index (χ1n) is 7.86. The van der Waals surface area contributed by atoms with Crippen molar-refractivity contribution in [1.82, 2.24) is 4.98 Å². The average molecular weight is 408 g/mol. The van der Waals surface area contributed by atoms with E-state index in [9.17, 15) is 9.59 Å². The molecule has 24 heavy (non-hydrogen) atoms. The average Bonchev–Trinajstić information content (AvgIpc) is 3.22. The van der Waals surface area contributed by atoms with Gasteiger partial charge in [0.05, 0.1) is 5.69 Å². The fourth-order valence-electron chi connectivity index (χ4n) is 3.08. The number of amides is 2. The van der Waals surface area contributed by atoms with Crippen LogP contribution in [0.3, 0.4) is 0 Å². The molecule has 1 aliphatic rings. The largest absolute Gasteiger partial charge is 0.308 e. The van der Waals surface area contributed by atoms with E-state index in [2.05, 4.69) is 26.2 Å². The Morgan fingerprint density at radius 1 is 1.33 bits per heavy atom. The molecular formula is C17H18BrN3O2S. The molecule has 1 aromatic carbocycles. The molecular weight excluding hydrogens is 390 g/mol. The van der Waals surface area contributed by atoms with Crippen LogP contribution in [0.2, 0.25) is 0 Å². The molecule has 2 aromatic rings. The van der Waals surface area contributed by atoms with Gasteiger partial charge in [0, 0.05) is 34.6 Å². The van der Waals surface area contributed by atoms with Crippen molar-refractivity contribution < 1.29 is 9.59 Å². The minimum atomic E-state index is -0.215. The Labute approximate surface area is 153 Å². The van der Waals surface area contributed by atoms with Gasteiger partial charge in [-0.05, 0) is 47.0 Å². The second-order valence-corrected chi connectivity index (χ2v) is 7.53. The predicted molar refractivity (Wildman–Crippen MR) is 99.6 cm³/mol. The summed E-state index contributed by atoms with van der Waals surface area (Å²) in [6.07, 6.45) is 6.00. The Kier molecular flexibility index (Phi) is 5.30. The summed E-state index contributed by atoms with van der Waals surface area (Å²) in [5.41, 5.74) is 1.34. The Balaban J connectivity index is 1.83. The third kappa shape index (κ3) is 3.67. The molecule has 2 amide bonds. The topological polar surface area (TPSA) is 62.3 Å². The van der Waals surface area contributed by atoms with Crippen molar-refractivity contribution in [3.8, 4) is 0 Å². The molecule has 0 unspecified atom stereocenters. The van der Waals surface area contributed by atoms with E-state index in [1.54, 1.807) is 30.6 Å². The summed E-state index contributed by atoms with van der Waals surface area (Å²) in [5, 5.41) is 5.13. The highest BCUT2D eigenvalue weighted by Crippen LogP contribution is 2.34. The lowest BCUT2D eigenvalue weighted by molar-refractivity contribution is -0.117. The lowest BCUT2D eigenvalue weighted by Gasteiger charge is -2.29. The number of aromatic nitrogens is 1. The zero-order valence-electron chi connectivity index (χ0n) is 13.3. The van der Waals surface area contributed by atoms with E-state index >= 15 is 0 Å². The summed E-state index contributed by atoms with van der Waals surface area (Å²) in [6.45, 7) is 1.59. The van der Waals surface area contributed by atoms with Crippen LogP contribution in [0.4, 0.5) is 10.8 Å². The number of carbonyl (C=O) groups is 2. The molecule has 0 saturated heterocycles. The number of thiazole rings is 1. The van der Waals surface area contributed by atoms with Gasteiger partial charge >= 0.3 is 0 Å². The summed E-state index contributed by atoms with van der Waals surface area (Å²) in [7, 11) is 0. The molecule has 0 aliphatic heterocycles. The van der Waals surface area contributed by atoms with Crippen LogP contribution in [0.25, 0.3) is 0 Å².